The van der Waals surface area contributed by atoms with Gasteiger partial charge in [-0.2, -0.15) is 0 Å². The van der Waals surface area contributed by atoms with Crippen LogP contribution in [-0.2, 0) is 4.79 Å². The first-order valence-corrected chi connectivity index (χ1v) is 6.52. The van der Waals surface area contributed by atoms with Crippen LogP contribution in [-0.4, -0.2) is 48.2 Å². The quantitative estimate of drug-likeness (QED) is 0.760. The monoisotopic (exact) mass is 240 g/mol. The molecule has 0 aromatic heterocycles. The van der Waals surface area contributed by atoms with Gasteiger partial charge in [-0.3, -0.25) is 4.79 Å². The van der Waals surface area contributed by atoms with Gasteiger partial charge in [0, 0.05) is 19.5 Å². The Balaban J connectivity index is 1.89. The van der Waals surface area contributed by atoms with Crippen molar-refractivity contribution in [3.05, 3.63) is 0 Å². The van der Waals surface area contributed by atoms with Crippen molar-refractivity contribution in [2.75, 3.05) is 26.7 Å². The van der Waals surface area contributed by atoms with E-state index in [1.165, 1.54) is 0 Å². The molecule has 2 aliphatic rings. The smallest absolute Gasteiger partial charge is 0.226 e. The molecule has 0 radical (unpaired) electrons. The third-order valence-electron chi connectivity index (χ3n) is 4.09. The van der Waals surface area contributed by atoms with E-state index in [0.29, 0.717) is 6.54 Å². The summed E-state index contributed by atoms with van der Waals surface area (Å²) in [6, 6.07) is 0. The van der Waals surface area contributed by atoms with Gasteiger partial charge in [-0.05, 0) is 51.6 Å². The molecule has 1 atom stereocenters. The second kappa shape index (κ2) is 4.25. The highest BCUT2D eigenvalue weighted by Crippen LogP contribution is 2.59. The van der Waals surface area contributed by atoms with Crippen molar-refractivity contribution in [3.63, 3.8) is 0 Å². The van der Waals surface area contributed by atoms with Crippen molar-refractivity contribution < 1.29 is 9.90 Å². The predicted molar refractivity (Wildman–Crippen MR) is 66.6 cm³/mol. The third kappa shape index (κ3) is 2.80. The van der Waals surface area contributed by atoms with Gasteiger partial charge < -0.3 is 15.3 Å². The van der Waals surface area contributed by atoms with Crippen LogP contribution in [0.25, 0.3) is 0 Å². The first kappa shape index (κ1) is 12.8. The number of carbonyl (C=O) groups is 1. The number of nitrogens with zero attached hydrogens (tertiary/aromatic N) is 1. The molecule has 4 nitrogen and oxygen atoms in total. The topological polar surface area (TPSA) is 52.6 Å². The summed E-state index contributed by atoms with van der Waals surface area (Å²) < 4.78 is 0. The molecule has 1 saturated heterocycles. The number of hydrogen-bond donors (Lipinski definition) is 2. The number of rotatable bonds is 3. The van der Waals surface area contributed by atoms with Crippen molar-refractivity contribution in [3.8, 4) is 0 Å². The first-order chi connectivity index (χ1) is 7.84. The van der Waals surface area contributed by atoms with Gasteiger partial charge in [0.1, 0.15) is 0 Å². The normalized spacial score (nSPS) is 26.9. The Kier molecular flexibility index (Phi) is 3.21. The summed E-state index contributed by atoms with van der Waals surface area (Å²) in [5.41, 5.74) is -0.517. The molecular formula is C13H24N2O2. The van der Waals surface area contributed by atoms with Crippen molar-refractivity contribution in [1.29, 1.82) is 0 Å². The predicted octanol–water partition coefficient (Wildman–Crippen LogP) is 0.605. The van der Waals surface area contributed by atoms with Crippen molar-refractivity contribution in [1.82, 2.24) is 10.2 Å². The van der Waals surface area contributed by atoms with Gasteiger partial charge in [0.25, 0.3) is 0 Å². The Morgan fingerprint density at radius 3 is 2.59 bits per heavy atom. The van der Waals surface area contributed by atoms with Crippen molar-refractivity contribution in [2.45, 2.75) is 38.7 Å². The lowest BCUT2D eigenvalue weighted by atomic mass is 9.91. The summed E-state index contributed by atoms with van der Waals surface area (Å²) in [7, 11) is 1.80. The number of hydrogen-bond acceptors (Lipinski definition) is 3. The zero-order valence-electron chi connectivity index (χ0n) is 11.1. The summed E-state index contributed by atoms with van der Waals surface area (Å²) in [4.78, 5) is 13.9. The zero-order valence-corrected chi connectivity index (χ0v) is 11.1. The Morgan fingerprint density at radius 1 is 1.47 bits per heavy atom. The summed E-state index contributed by atoms with van der Waals surface area (Å²) >= 11 is 0. The molecule has 1 spiro atoms. The average Bonchev–Trinajstić information content (AvgIpc) is 2.89. The second-order valence-electron chi connectivity index (χ2n) is 6.38. The molecule has 0 bridgehead atoms. The molecule has 0 aromatic carbocycles. The first-order valence-electron chi connectivity index (χ1n) is 6.52. The fourth-order valence-corrected chi connectivity index (χ4v) is 3.10. The maximum absolute atomic E-state index is 12.3. The van der Waals surface area contributed by atoms with E-state index in [9.17, 15) is 9.90 Å². The lowest BCUT2D eigenvalue weighted by molar-refractivity contribution is -0.135. The number of carbonyl (C=O) groups excluding carboxylic acids is 1. The fourth-order valence-electron chi connectivity index (χ4n) is 3.10. The highest BCUT2D eigenvalue weighted by atomic mass is 16.3. The largest absolute Gasteiger partial charge is 0.389 e. The van der Waals surface area contributed by atoms with Crippen molar-refractivity contribution in [2.24, 2.45) is 11.3 Å². The van der Waals surface area contributed by atoms with E-state index in [4.69, 9.17) is 0 Å². The molecule has 1 saturated carbocycles. The lowest BCUT2D eigenvalue weighted by Gasteiger charge is -2.28. The van der Waals surface area contributed by atoms with Gasteiger partial charge in [0.15, 0.2) is 0 Å². The Bertz CT molecular complexity index is 303. The van der Waals surface area contributed by atoms with Gasteiger partial charge in [-0.25, -0.2) is 0 Å². The van der Waals surface area contributed by atoms with E-state index in [1.54, 1.807) is 25.8 Å². The highest BCUT2D eigenvalue weighted by Gasteiger charge is 2.58. The molecule has 1 amide bonds. The molecule has 2 rings (SSSR count). The molecular weight excluding hydrogens is 216 g/mol. The zero-order chi connectivity index (χ0) is 12.7. The van der Waals surface area contributed by atoms with Gasteiger partial charge >= 0.3 is 0 Å². The molecule has 1 aliphatic heterocycles. The Labute approximate surface area is 103 Å². The summed E-state index contributed by atoms with van der Waals surface area (Å²) in [6.45, 7) is 5.97. The van der Waals surface area contributed by atoms with Crippen LogP contribution < -0.4 is 5.32 Å². The molecule has 1 unspecified atom stereocenters. The van der Waals surface area contributed by atoms with Gasteiger partial charge in [-0.1, -0.05) is 0 Å². The van der Waals surface area contributed by atoms with Crippen molar-refractivity contribution >= 4 is 5.91 Å². The number of piperidine rings is 1. The van der Waals surface area contributed by atoms with Crippen LogP contribution in [0.4, 0.5) is 0 Å². The summed E-state index contributed by atoms with van der Waals surface area (Å²) in [5, 5.41) is 13.1. The molecule has 1 aliphatic carbocycles. The standard InChI is InChI=1S/C13H24N2O2/c1-12(2,17)9-15(3)11(16)10-8-13(10)4-6-14-7-5-13/h10,14,17H,4-9H2,1-3H3. The Morgan fingerprint density at radius 2 is 2.06 bits per heavy atom. The van der Waals surface area contributed by atoms with Crippen LogP contribution in [0.2, 0.25) is 0 Å². The molecule has 17 heavy (non-hydrogen) atoms. The molecule has 98 valence electrons. The minimum absolute atomic E-state index is 0.206. The molecule has 2 fully saturated rings. The van der Waals surface area contributed by atoms with Crippen LogP contribution in [0.15, 0.2) is 0 Å². The SMILES string of the molecule is CN(CC(C)(C)O)C(=O)C1CC12CCNCC2. The van der Waals surface area contributed by atoms with Gasteiger partial charge in [0.05, 0.1) is 5.60 Å². The number of aliphatic hydroxyl groups is 1. The summed E-state index contributed by atoms with van der Waals surface area (Å²) in [6.07, 6.45) is 3.29. The lowest BCUT2D eigenvalue weighted by Crippen LogP contribution is -2.41. The maximum Gasteiger partial charge on any atom is 0.226 e. The third-order valence-corrected chi connectivity index (χ3v) is 4.09. The van der Waals surface area contributed by atoms with Gasteiger partial charge in [-0.15, -0.1) is 0 Å². The molecule has 4 heteroatoms. The maximum atomic E-state index is 12.3. The molecule has 1 heterocycles. The van der Waals surface area contributed by atoms with Gasteiger partial charge in [0.2, 0.25) is 5.91 Å². The minimum Gasteiger partial charge on any atom is -0.389 e. The van der Waals surface area contributed by atoms with E-state index in [0.717, 1.165) is 32.4 Å². The van der Waals surface area contributed by atoms with Crippen LogP contribution in [0, 0.1) is 11.3 Å². The number of amides is 1. The van der Waals surface area contributed by atoms with E-state index in [1.807, 2.05) is 0 Å². The number of nitrogens with one attached hydrogen (secondary N) is 1. The van der Waals surface area contributed by atoms with Crippen LogP contribution >= 0.6 is 0 Å². The fraction of sp³-hybridized carbons (Fsp3) is 0.923. The van der Waals surface area contributed by atoms with Crippen LogP contribution in [0.3, 0.4) is 0 Å². The highest BCUT2D eigenvalue weighted by molar-refractivity contribution is 5.82. The second-order valence-corrected chi connectivity index (χ2v) is 6.38. The minimum atomic E-state index is -0.805. The van der Waals surface area contributed by atoms with E-state index >= 15 is 0 Å². The van der Waals surface area contributed by atoms with E-state index < -0.39 is 5.60 Å². The summed E-state index contributed by atoms with van der Waals surface area (Å²) in [5.74, 6) is 0.422. The molecule has 0 aromatic rings. The van der Waals surface area contributed by atoms with E-state index in [-0.39, 0.29) is 17.2 Å². The molecule has 2 N–H and O–H groups in total. The number of likely N-dealkylation sites (N-methyl/N-ethyl adjacent to an activating group) is 1. The Hall–Kier alpha value is -0.610. The van der Waals surface area contributed by atoms with Crippen LogP contribution in [0.1, 0.15) is 33.1 Å². The van der Waals surface area contributed by atoms with E-state index in [2.05, 4.69) is 5.32 Å². The average molecular weight is 240 g/mol. The van der Waals surface area contributed by atoms with Crippen LogP contribution in [0.5, 0.6) is 0 Å².